The van der Waals surface area contributed by atoms with Crippen molar-refractivity contribution in [2.75, 3.05) is 126 Å². The first-order chi connectivity index (χ1) is 65.4. The molecule has 676 valence electrons. The monoisotopic (exact) mass is 1800 g/mol. The number of H-pyrrole nitrogens is 4. The fraction of sp³-hybridized carbons (Fsp3) is 0.212. The van der Waals surface area contributed by atoms with Crippen LogP contribution in [0.1, 0.15) is 78.8 Å². The van der Waals surface area contributed by atoms with E-state index in [0.29, 0.717) is 155 Å². The molecule has 134 heavy (non-hydrogen) atoms. The maximum atomic E-state index is 13.1. The van der Waals surface area contributed by atoms with E-state index in [2.05, 4.69) is 115 Å². The van der Waals surface area contributed by atoms with E-state index in [0.717, 1.165) is 122 Å². The van der Waals surface area contributed by atoms with Crippen LogP contribution in [-0.4, -0.2) is 205 Å². The van der Waals surface area contributed by atoms with Gasteiger partial charge in [-0.1, -0.05) is 24.3 Å². The Morgan fingerprint density at radius 2 is 0.642 bits per heavy atom. The van der Waals surface area contributed by atoms with E-state index in [-0.39, 0.29) is 52.9 Å². The number of nitrogens with one attached hydrogen (secondary N) is 10. The number of aromatic amines is 4. The number of urea groups is 1. The zero-order valence-electron chi connectivity index (χ0n) is 73.3. The number of amides is 7. The van der Waals surface area contributed by atoms with Gasteiger partial charge >= 0.3 is 6.03 Å². The average Bonchev–Trinajstić information content (AvgIpc) is 1.65. The minimum Gasteiger partial charge on any atom is -0.486 e. The molecule has 0 spiro atoms. The van der Waals surface area contributed by atoms with Gasteiger partial charge in [0.2, 0.25) is 5.91 Å². The number of likely N-dealkylation sites (tertiary alicyclic amines) is 1. The Morgan fingerprint density at radius 1 is 0.328 bits per heavy atom. The second-order valence-corrected chi connectivity index (χ2v) is 33.0. The fourth-order valence-corrected chi connectivity index (χ4v) is 15.9. The van der Waals surface area contributed by atoms with Gasteiger partial charge in [-0.2, -0.15) is 20.4 Å². The van der Waals surface area contributed by atoms with E-state index in [4.69, 9.17) is 37.9 Å². The molecular weight excluding hydrogens is 1710 g/mol. The Hall–Kier alpha value is -16.8. The van der Waals surface area contributed by atoms with E-state index in [1.807, 2.05) is 124 Å². The Balaban J connectivity index is 0.000000115. The van der Waals surface area contributed by atoms with Crippen molar-refractivity contribution < 1.29 is 66.7 Å². The van der Waals surface area contributed by atoms with Crippen molar-refractivity contribution in [3.8, 4) is 90.5 Å². The highest BCUT2D eigenvalue weighted by molar-refractivity contribution is 6.15. The lowest BCUT2D eigenvalue weighted by atomic mass is 10.0. The van der Waals surface area contributed by atoms with Crippen molar-refractivity contribution >= 4 is 113 Å². The van der Waals surface area contributed by atoms with Crippen molar-refractivity contribution in [2.45, 2.75) is 38.8 Å². The van der Waals surface area contributed by atoms with Gasteiger partial charge in [0, 0.05) is 161 Å². The predicted molar refractivity (Wildman–Crippen MR) is 505 cm³/mol. The van der Waals surface area contributed by atoms with Crippen molar-refractivity contribution in [3.63, 3.8) is 0 Å². The standard InChI is InChI=1S/C26H25N5O3.C25H21N5O4.C24H22N6O4.C24H23N5O3/c32-26(28-20-4-6-23-24(13-20)34-10-9-33-23)25-21-12-18(3-5-22(21)29-30-25)19-11-17(14-27-15-19)16-31-7-1-2-8-31;31-24(14-1-2-14)28-18-9-16(12-26-13-18)15-3-5-20-19(10-15)23(30-29-20)25(32)27-17-4-6-21-22(11-17)34-8-7-33-21;1-30(2)24(32)27-17-9-15(12-25-13-17)14-3-5-19-18(10-14)22(29-28-19)23(31)26-16-4-6-20-21(11-16)34-8-7-33-20;1-29(2)14-15-9-17(13-25-12-15)16-3-5-20-19(10-16)23(28-27-20)24(30)26-18-4-6-21-22(11-18)32-8-7-31-21/h3-6,11-15H,1-2,7-10,16H2,(H,28,32)(H,29,30);3-6,9-14H,1-2,7-8H2,(H,27,32)(H,28,31)(H,29,30);3-6,9-13H,7-8H2,1-2H3,(H,26,31)(H,27,32)(H,28,29);3-6,9-13H,7-8,14H2,1-2H3,(H,26,30)(H,27,28). The van der Waals surface area contributed by atoms with Crippen LogP contribution in [0.3, 0.4) is 0 Å². The molecule has 35 nitrogen and oxygen atoms in total. The van der Waals surface area contributed by atoms with E-state index in [9.17, 15) is 28.8 Å². The van der Waals surface area contributed by atoms with Crippen LogP contribution in [0.15, 0.2) is 219 Å². The summed E-state index contributed by atoms with van der Waals surface area (Å²) >= 11 is 0. The molecule has 35 heteroatoms. The number of carbonyl (C=O) groups excluding carboxylic acids is 6. The van der Waals surface area contributed by atoms with Gasteiger partial charge in [0.05, 0.1) is 45.8 Å². The fourth-order valence-electron chi connectivity index (χ4n) is 15.9. The number of benzene rings is 8. The zero-order valence-corrected chi connectivity index (χ0v) is 73.3. The quantitative estimate of drug-likeness (QED) is 0.0359. The van der Waals surface area contributed by atoms with Crippen LogP contribution in [-0.2, 0) is 17.9 Å². The summed E-state index contributed by atoms with van der Waals surface area (Å²) in [5.74, 6) is 3.94. The molecule has 10 N–H and O–H groups in total. The van der Waals surface area contributed by atoms with Gasteiger partial charge in [-0.25, -0.2) is 4.79 Å². The normalized spacial score (nSPS) is 13.8. The summed E-state index contributed by atoms with van der Waals surface area (Å²) in [5.41, 5.74) is 17.5. The lowest BCUT2D eigenvalue weighted by Crippen LogP contribution is -2.27. The lowest BCUT2D eigenvalue weighted by molar-refractivity contribution is -0.117. The van der Waals surface area contributed by atoms with Crippen molar-refractivity contribution in [3.05, 3.63) is 253 Å². The van der Waals surface area contributed by atoms with Crippen LogP contribution in [0.5, 0.6) is 46.0 Å². The summed E-state index contributed by atoms with van der Waals surface area (Å²) < 4.78 is 44.5. The molecule has 8 aromatic carbocycles. The average molecular weight is 1800 g/mol. The van der Waals surface area contributed by atoms with Gasteiger partial charge in [-0.15, -0.1) is 0 Å². The SMILES string of the molecule is CN(C)C(=O)Nc1cncc(-c2ccc3[nH]nc(C(=O)Nc4ccc5c(c4)OCCO5)c3c2)c1.CN(C)Cc1cncc(-c2ccc3[nH]nc(C(=O)Nc4ccc5c(c4)OCCO5)c3c2)c1.O=C(Nc1ccc2c(c1)OCCO2)c1n[nH]c2ccc(-c3cncc(CN4CCCC4)c3)cc12.O=C(Nc1ccc2c(c1)OCCO2)c1n[nH]c2ccc(-c3cncc(NC(=O)C4CC4)c3)cc12. The molecule has 1 saturated heterocycles. The number of anilines is 6. The van der Waals surface area contributed by atoms with Gasteiger partial charge in [0.15, 0.2) is 68.8 Å². The highest BCUT2D eigenvalue weighted by Crippen LogP contribution is 2.40. The zero-order chi connectivity index (χ0) is 91.7. The van der Waals surface area contributed by atoms with E-state index in [1.54, 1.807) is 112 Å². The number of hydrogen-bond acceptors (Lipinski definition) is 24. The molecule has 1 saturated carbocycles. The minimum absolute atomic E-state index is 0.0299. The summed E-state index contributed by atoms with van der Waals surface area (Å²) in [6.45, 7) is 7.98. The Morgan fingerprint density at radius 3 is 0.978 bits per heavy atom. The maximum Gasteiger partial charge on any atom is 0.321 e. The first-order valence-corrected chi connectivity index (χ1v) is 43.6. The van der Waals surface area contributed by atoms with Gasteiger partial charge in [-0.05, 0) is 208 Å². The number of aromatic nitrogens is 12. The minimum atomic E-state index is -0.356. The molecule has 22 rings (SSSR count). The molecule has 13 heterocycles. The lowest BCUT2D eigenvalue weighted by Gasteiger charge is -2.18. The molecule has 2 fully saturated rings. The van der Waals surface area contributed by atoms with Crippen LogP contribution in [0.2, 0.25) is 0 Å². The molecule has 0 unspecified atom stereocenters. The summed E-state index contributed by atoms with van der Waals surface area (Å²) in [7, 11) is 7.38. The van der Waals surface area contributed by atoms with Crippen LogP contribution in [0, 0.1) is 5.92 Å². The van der Waals surface area contributed by atoms with Crippen LogP contribution >= 0.6 is 0 Å². The summed E-state index contributed by atoms with van der Waals surface area (Å²) in [6, 6.07) is 52.1. The second kappa shape index (κ2) is 38.9. The number of pyridine rings is 4. The molecule has 5 aliphatic heterocycles. The number of rotatable bonds is 19. The predicted octanol–water partition coefficient (Wildman–Crippen LogP) is 15.7. The van der Waals surface area contributed by atoms with Crippen LogP contribution < -0.4 is 69.8 Å². The highest BCUT2D eigenvalue weighted by Gasteiger charge is 2.31. The third kappa shape index (κ3) is 20.1. The van der Waals surface area contributed by atoms with Crippen molar-refractivity contribution in [1.29, 1.82) is 0 Å². The van der Waals surface area contributed by atoms with E-state index >= 15 is 0 Å². The largest absolute Gasteiger partial charge is 0.486 e. The third-order valence-corrected chi connectivity index (χ3v) is 22.7. The second-order valence-electron chi connectivity index (χ2n) is 33.0. The van der Waals surface area contributed by atoms with E-state index in [1.165, 1.54) is 23.3 Å². The van der Waals surface area contributed by atoms with Gasteiger partial charge in [0.1, 0.15) is 52.9 Å². The van der Waals surface area contributed by atoms with E-state index < -0.39 is 0 Å². The number of nitrogens with zero attached hydrogens (tertiary/aromatic N) is 11. The molecule has 8 aromatic heterocycles. The first kappa shape index (κ1) is 86.6. The molecule has 0 radical (unpaired) electrons. The van der Waals surface area contributed by atoms with Crippen LogP contribution in [0.25, 0.3) is 88.1 Å². The van der Waals surface area contributed by atoms with Gasteiger partial charge in [-0.3, -0.25) is 69.2 Å². The number of hydrogen-bond donors (Lipinski definition) is 10. The summed E-state index contributed by atoms with van der Waals surface area (Å²) in [4.78, 5) is 99.5. The van der Waals surface area contributed by atoms with Crippen molar-refractivity contribution in [2.24, 2.45) is 5.92 Å². The molecule has 16 aromatic rings. The number of carbonyl (C=O) groups is 6. The molecular formula is C99H91N21O14. The molecule has 1 aliphatic carbocycles. The van der Waals surface area contributed by atoms with Crippen LogP contribution in [0.4, 0.5) is 38.9 Å². The van der Waals surface area contributed by atoms with Crippen molar-refractivity contribution in [1.82, 2.24) is 75.4 Å². The number of fused-ring (bicyclic) bond motifs is 8. The molecule has 6 aliphatic rings. The highest BCUT2D eigenvalue weighted by atomic mass is 16.6. The Kier molecular flexibility index (Phi) is 25.1. The molecule has 0 bridgehead atoms. The summed E-state index contributed by atoms with van der Waals surface area (Å²) in [6.07, 6.45) is 18.5. The molecule has 0 atom stereocenters. The Bertz CT molecular complexity index is 6950. The van der Waals surface area contributed by atoms with Gasteiger partial charge in [0.25, 0.3) is 23.6 Å². The Labute approximate surface area is 766 Å². The number of ether oxygens (including phenoxy) is 8. The van der Waals surface area contributed by atoms with Gasteiger partial charge < -0.3 is 79.6 Å². The molecule has 7 amide bonds. The smallest absolute Gasteiger partial charge is 0.321 e. The third-order valence-electron chi connectivity index (χ3n) is 22.7. The topological polar surface area (TPSA) is 424 Å². The first-order valence-electron chi connectivity index (χ1n) is 43.6. The maximum absolute atomic E-state index is 13.1. The summed E-state index contributed by atoms with van der Waals surface area (Å²) in [5, 5.41) is 48.8.